The maximum atomic E-state index is 5.71. The second-order valence-corrected chi connectivity index (χ2v) is 7.89. The molecule has 0 aromatic carbocycles. The zero-order chi connectivity index (χ0) is 20.0. The van der Waals surface area contributed by atoms with Crippen LogP contribution in [-0.4, -0.2) is 113 Å². The van der Waals surface area contributed by atoms with Crippen LogP contribution in [0.4, 0.5) is 0 Å². The maximum absolute atomic E-state index is 5.71. The number of guanidine groups is 1. The zero-order valence-corrected chi connectivity index (χ0v) is 18.5. The van der Waals surface area contributed by atoms with Crippen molar-refractivity contribution in [3.63, 3.8) is 0 Å². The molecule has 0 aliphatic carbocycles. The van der Waals surface area contributed by atoms with Gasteiger partial charge >= 0.3 is 0 Å². The molecule has 164 valence electrons. The Labute approximate surface area is 172 Å². The van der Waals surface area contributed by atoms with Crippen LogP contribution in [0.2, 0.25) is 0 Å². The van der Waals surface area contributed by atoms with Crippen molar-refractivity contribution in [3.8, 4) is 0 Å². The minimum absolute atomic E-state index is 0.600. The normalized spacial score (nSPS) is 22.2. The van der Waals surface area contributed by atoms with E-state index in [-0.39, 0.29) is 0 Å². The third-order valence-corrected chi connectivity index (χ3v) is 5.76. The van der Waals surface area contributed by atoms with E-state index in [1.165, 1.54) is 58.5 Å². The fourth-order valence-electron chi connectivity index (χ4n) is 3.94. The fraction of sp³-hybridized carbons (Fsp3) is 0.952. The van der Waals surface area contributed by atoms with E-state index >= 15 is 0 Å². The van der Waals surface area contributed by atoms with Gasteiger partial charge < -0.3 is 29.5 Å². The fourth-order valence-corrected chi connectivity index (χ4v) is 3.94. The molecule has 1 unspecified atom stereocenters. The topological polar surface area (TPSA) is 52.6 Å². The van der Waals surface area contributed by atoms with E-state index in [1.54, 1.807) is 7.11 Å². The van der Waals surface area contributed by atoms with Gasteiger partial charge in [0.05, 0.1) is 19.8 Å². The Bertz CT molecular complexity index is 427. The number of unbranched alkanes of at least 4 members (excludes halogenated alkanes) is 1. The lowest BCUT2D eigenvalue weighted by atomic mass is 10.1. The first-order valence-corrected chi connectivity index (χ1v) is 11.3. The molecule has 2 heterocycles. The monoisotopic (exact) mass is 397 g/mol. The smallest absolute Gasteiger partial charge is 0.193 e. The molecule has 2 aliphatic rings. The van der Waals surface area contributed by atoms with Gasteiger partial charge in [0.1, 0.15) is 0 Å². The highest BCUT2D eigenvalue weighted by Gasteiger charge is 2.24. The number of piperazine rings is 1. The first-order valence-electron chi connectivity index (χ1n) is 11.3. The molecule has 2 rings (SSSR count). The average molecular weight is 398 g/mol. The molecule has 7 nitrogen and oxygen atoms in total. The molecule has 0 saturated carbocycles. The number of rotatable bonds is 12. The third kappa shape index (κ3) is 8.64. The van der Waals surface area contributed by atoms with Gasteiger partial charge in [-0.15, -0.1) is 0 Å². The van der Waals surface area contributed by atoms with E-state index in [0.29, 0.717) is 19.1 Å². The van der Waals surface area contributed by atoms with E-state index in [4.69, 9.17) is 14.5 Å². The van der Waals surface area contributed by atoms with Gasteiger partial charge in [-0.05, 0) is 39.3 Å². The predicted octanol–water partition coefficient (Wildman–Crippen LogP) is 1.35. The number of nitrogens with zero attached hydrogens (tertiary/aromatic N) is 4. The minimum atomic E-state index is 0.600. The van der Waals surface area contributed by atoms with Crippen LogP contribution < -0.4 is 5.32 Å². The van der Waals surface area contributed by atoms with Gasteiger partial charge in [-0.3, -0.25) is 4.99 Å². The van der Waals surface area contributed by atoms with Crippen LogP contribution in [0, 0.1) is 5.92 Å². The molecule has 1 N–H and O–H groups in total. The lowest BCUT2D eigenvalue weighted by molar-refractivity contribution is 0.0536. The Balaban J connectivity index is 1.62. The molecule has 2 fully saturated rings. The van der Waals surface area contributed by atoms with Crippen LogP contribution in [0.5, 0.6) is 0 Å². The summed E-state index contributed by atoms with van der Waals surface area (Å²) in [6.45, 7) is 17.9. The van der Waals surface area contributed by atoms with Crippen molar-refractivity contribution in [2.24, 2.45) is 10.9 Å². The number of likely N-dealkylation sites (N-methyl/N-ethyl adjacent to an activating group) is 1. The standard InChI is InChI=1S/C21H43N5O2/c1-4-22-21(26-11-8-20(18-26)19-28-17-16-27-3)23-9-6-7-10-25-14-12-24(5-2)13-15-25/h20H,4-19H2,1-3H3,(H,22,23). The van der Waals surface area contributed by atoms with Crippen LogP contribution >= 0.6 is 0 Å². The van der Waals surface area contributed by atoms with E-state index in [0.717, 1.165) is 38.7 Å². The van der Waals surface area contributed by atoms with E-state index in [1.807, 2.05) is 0 Å². The Morgan fingerprint density at radius 2 is 1.82 bits per heavy atom. The van der Waals surface area contributed by atoms with Gasteiger partial charge in [0, 0.05) is 65.4 Å². The number of hydrogen-bond acceptors (Lipinski definition) is 5. The molecule has 1 atom stereocenters. The van der Waals surface area contributed by atoms with Crippen molar-refractivity contribution in [1.29, 1.82) is 0 Å². The average Bonchev–Trinajstić information content (AvgIpc) is 3.19. The Morgan fingerprint density at radius 3 is 2.54 bits per heavy atom. The van der Waals surface area contributed by atoms with Crippen LogP contribution in [-0.2, 0) is 9.47 Å². The van der Waals surface area contributed by atoms with Crippen molar-refractivity contribution >= 4 is 5.96 Å². The Kier molecular flexibility index (Phi) is 11.8. The molecular weight excluding hydrogens is 354 g/mol. The predicted molar refractivity (Wildman–Crippen MR) is 116 cm³/mol. The largest absolute Gasteiger partial charge is 0.382 e. The zero-order valence-electron chi connectivity index (χ0n) is 18.5. The number of aliphatic imine (C=N–C) groups is 1. The summed E-state index contributed by atoms with van der Waals surface area (Å²) in [6, 6.07) is 0. The van der Waals surface area contributed by atoms with Crippen LogP contribution in [0.1, 0.15) is 33.1 Å². The van der Waals surface area contributed by atoms with Gasteiger partial charge in [0.2, 0.25) is 0 Å². The molecular formula is C21H43N5O2. The highest BCUT2D eigenvalue weighted by Crippen LogP contribution is 2.16. The van der Waals surface area contributed by atoms with Crippen LogP contribution in [0.15, 0.2) is 4.99 Å². The lowest BCUT2D eigenvalue weighted by Gasteiger charge is -2.33. The number of nitrogens with one attached hydrogen (secondary N) is 1. The van der Waals surface area contributed by atoms with Crippen LogP contribution in [0.3, 0.4) is 0 Å². The molecule has 0 amide bonds. The van der Waals surface area contributed by atoms with Crippen molar-refractivity contribution in [2.75, 3.05) is 92.4 Å². The summed E-state index contributed by atoms with van der Waals surface area (Å²) in [6.07, 6.45) is 3.59. The third-order valence-electron chi connectivity index (χ3n) is 5.76. The van der Waals surface area contributed by atoms with E-state index in [2.05, 4.69) is 33.9 Å². The van der Waals surface area contributed by atoms with Crippen molar-refractivity contribution in [2.45, 2.75) is 33.1 Å². The van der Waals surface area contributed by atoms with Crippen molar-refractivity contribution in [1.82, 2.24) is 20.0 Å². The molecule has 28 heavy (non-hydrogen) atoms. The highest BCUT2D eigenvalue weighted by molar-refractivity contribution is 5.80. The summed E-state index contributed by atoms with van der Waals surface area (Å²) in [5, 5.41) is 3.47. The Morgan fingerprint density at radius 1 is 1.04 bits per heavy atom. The van der Waals surface area contributed by atoms with Crippen LogP contribution in [0.25, 0.3) is 0 Å². The molecule has 0 spiro atoms. The van der Waals surface area contributed by atoms with Crippen molar-refractivity contribution in [3.05, 3.63) is 0 Å². The summed E-state index contributed by atoms with van der Waals surface area (Å²) in [4.78, 5) is 12.4. The van der Waals surface area contributed by atoms with Gasteiger partial charge in [-0.2, -0.15) is 0 Å². The molecule has 0 radical (unpaired) electrons. The van der Waals surface area contributed by atoms with E-state index in [9.17, 15) is 0 Å². The summed E-state index contributed by atoms with van der Waals surface area (Å²) in [7, 11) is 1.71. The number of methoxy groups -OCH3 is 1. The highest BCUT2D eigenvalue weighted by atomic mass is 16.5. The summed E-state index contributed by atoms with van der Waals surface area (Å²) in [5.41, 5.74) is 0. The molecule has 2 aliphatic heterocycles. The van der Waals surface area contributed by atoms with Crippen molar-refractivity contribution < 1.29 is 9.47 Å². The summed E-state index contributed by atoms with van der Waals surface area (Å²) < 4.78 is 10.8. The lowest BCUT2D eigenvalue weighted by Crippen LogP contribution is -2.46. The van der Waals surface area contributed by atoms with Gasteiger partial charge in [-0.25, -0.2) is 0 Å². The summed E-state index contributed by atoms with van der Waals surface area (Å²) in [5.74, 6) is 1.68. The number of ether oxygens (including phenoxy) is 2. The molecule has 2 saturated heterocycles. The first-order chi connectivity index (χ1) is 13.8. The van der Waals surface area contributed by atoms with E-state index < -0.39 is 0 Å². The SMILES string of the molecule is CCNC(=NCCCCN1CCN(CC)CC1)N1CCC(COCCOC)C1. The molecule has 0 aromatic heterocycles. The van der Waals surface area contributed by atoms with Gasteiger partial charge in [0.15, 0.2) is 5.96 Å². The number of likely N-dealkylation sites (tertiary alicyclic amines) is 1. The molecule has 0 bridgehead atoms. The minimum Gasteiger partial charge on any atom is -0.382 e. The first kappa shape index (κ1) is 23.4. The number of hydrogen-bond donors (Lipinski definition) is 1. The second-order valence-electron chi connectivity index (χ2n) is 7.89. The quantitative estimate of drug-likeness (QED) is 0.305. The Hall–Kier alpha value is -0.890. The summed E-state index contributed by atoms with van der Waals surface area (Å²) >= 11 is 0. The van der Waals surface area contributed by atoms with Gasteiger partial charge in [-0.1, -0.05) is 6.92 Å². The molecule has 7 heteroatoms. The van der Waals surface area contributed by atoms with Gasteiger partial charge in [0.25, 0.3) is 0 Å². The molecule has 0 aromatic rings. The maximum Gasteiger partial charge on any atom is 0.193 e. The second kappa shape index (κ2) is 14.1.